The number of aldehydes is 2. The SMILES string of the molecule is C=C(C)C(=O)OO.C=C(C)C(=O)OOCCC.O=Cc1ccccc1.O=Cc1ccccc1. The number of carbonyl (C=O) groups excluding carboxylic acids is 4. The molecule has 0 saturated heterocycles. The van der Waals surface area contributed by atoms with Crippen LogP contribution in [0, 0.1) is 0 Å². The van der Waals surface area contributed by atoms with Crippen LogP contribution in [-0.4, -0.2) is 36.4 Å². The van der Waals surface area contributed by atoms with E-state index in [9.17, 15) is 19.2 Å². The van der Waals surface area contributed by atoms with Gasteiger partial charge in [0, 0.05) is 22.3 Å². The molecule has 0 saturated carbocycles. The Morgan fingerprint density at radius 2 is 1.21 bits per heavy atom. The summed E-state index contributed by atoms with van der Waals surface area (Å²) in [5.74, 6) is -1.30. The summed E-state index contributed by atoms with van der Waals surface area (Å²) in [5, 5.41) is 7.59. The minimum atomic E-state index is -0.792. The molecular formula is C25H30O8. The van der Waals surface area contributed by atoms with Crippen molar-refractivity contribution in [2.24, 2.45) is 0 Å². The maximum absolute atomic E-state index is 10.6. The first-order valence-electron chi connectivity index (χ1n) is 9.74. The Bertz CT molecular complexity index is 802. The largest absolute Gasteiger partial charge is 0.368 e. The molecule has 0 aromatic heterocycles. The summed E-state index contributed by atoms with van der Waals surface area (Å²) in [6, 6.07) is 18.2. The maximum atomic E-state index is 10.6. The summed E-state index contributed by atoms with van der Waals surface area (Å²) in [4.78, 5) is 52.6. The summed E-state index contributed by atoms with van der Waals surface area (Å²) in [5.41, 5.74) is 1.98. The van der Waals surface area contributed by atoms with E-state index in [0.717, 1.165) is 30.1 Å². The molecule has 0 aliphatic carbocycles. The number of rotatable bonds is 7. The van der Waals surface area contributed by atoms with Crippen molar-refractivity contribution in [2.75, 3.05) is 6.61 Å². The molecule has 2 aromatic rings. The van der Waals surface area contributed by atoms with Gasteiger partial charge in [0.05, 0.1) is 6.61 Å². The van der Waals surface area contributed by atoms with Gasteiger partial charge in [0.25, 0.3) is 0 Å². The lowest BCUT2D eigenvalue weighted by Crippen LogP contribution is -2.06. The molecule has 178 valence electrons. The second kappa shape index (κ2) is 21.4. The fourth-order valence-corrected chi connectivity index (χ4v) is 1.39. The molecule has 33 heavy (non-hydrogen) atoms. The highest BCUT2D eigenvalue weighted by atomic mass is 17.2. The quantitative estimate of drug-likeness (QED) is 0.202. The van der Waals surface area contributed by atoms with Crippen molar-refractivity contribution in [2.45, 2.75) is 27.2 Å². The zero-order valence-corrected chi connectivity index (χ0v) is 19.1. The van der Waals surface area contributed by atoms with Gasteiger partial charge in [-0.1, -0.05) is 80.7 Å². The standard InChI is InChI=1S/C7H12O3.2C7H6O.C4H6O3/c1-4-5-9-10-7(8)6(2)3;2*8-6-7-4-2-1-3-5-7;1-3(2)4(5)7-6/h2,4-5H2,1,3H3;2*1-6H;6H,1H2,2H3. The van der Waals surface area contributed by atoms with E-state index in [1.165, 1.54) is 6.92 Å². The summed E-state index contributed by atoms with van der Waals surface area (Å²) >= 11 is 0. The Kier molecular flexibility index (Phi) is 20.3. The highest BCUT2D eigenvalue weighted by Crippen LogP contribution is 1.93. The van der Waals surface area contributed by atoms with Gasteiger partial charge in [-0.25, -0.2) is 9.59 Å². The van der Waals surface area contributed by atoms with E-state index in [4.69, 9.17) is 5.26 Å². The molecule has 0 atom stereocenters. The highest BCUT2D eigenvalue weighted by Gasteiger charge is 2.02. The van der Waals surface area contributed by atoms with Crippen molar-refractivity contribution in [3.8, 4) is 0 Å². The van der Waals surface area contributed by atoms with Crippen molar-refractivity contribution in [1.82, 2.24) is 0 Å². The van der Waals surface area contributed by atoms with Crippen molar-refractivity contribution in [1.29, 1.82) is 0 Å². The van der Waals surface area contributed by atoms with Crippen LogP contribution < -0.4 is 0 Å². The second-order valence-electron chi connectivity index (χ2n) is 6.19. The van der Waals surface area contributed by atoms with Gasteiger partial charge in [-0.3, -0.25) is 19.4 Å². The van der Waals surface area contributed by atoms with Crippen LogP contribution in [-0.2, 0) is 24.3 Å². The van der Waals surface area contributed by atoms with E-state index in [1.807, 2.05) is 43.3 Å². The third-order valence-corrected chi connectivity index (χ3v) is 3.07. The van der Waals surface area contributed by atoms with Crippen molar-refractivity contribution < 1.29 is 39.1 Å². The van der Waals surface area contributed by atoms with Gasteiger partial charge in [-0.2, -0.15) is 10.1 Å². The topological polar surface area (TPSA) is 116 Å². The third kappa shape index (κ3) is 19.8. The first-order valence-corrected chi connectivity index (χ1v) is 9.74. The fourth-order valence-electron chi connectivity index (χ4n) is 1.39. The lowest BCUT2D eigenvalue weighted by molar-refractivity contribution is -0.268. The maximum Gasteiger partial charge on any atom is 0.368 e. The van der Waals surface area contributed by atoms with Crippen LogP contribution in [0.1, 0.15) is 47.9 Å². The van der Waals surface area contributed by atoms with Crippen LogP contribution in [0.15, 0.2) is 85.0 Å². The predicted molar refractivity (Wildman–Crippen MR) is 124 cm³/mol. The van der Waals surface area contributed by atoms with Gasteiger partial charge in [0.1, 0.15) is 12.6 Å². The lowest BCUT2D eigenvalue weighted by Gasteiger charge is -1.99. The number of carbonyl (C=O) groups is 4. The molecule has 8 heteroatoms. The van der Waals surface area contributed by atoms with Gasteiger partial charge >= 0.3 is 11.9 Å². The molecule has 0 heterocycles. The first kappa shape index (κ1) is 31.3. The smallest absolute Gasteiger partial charge is 0.298 e. The van der Waals surface area contributed by atoms with E-state index >= 15 is 0 Å². The van der Waals surface area contributed by atoms with Gasteiger partial charge < -0.3 is 0 Å². The predicted octanol–water partition coefficient (Wildman–Crippen LogP) is 5.02. The molecule has 2 rings (SSSR count). The number of hydrogen-bond donors (Lipinski definition) is 1. The van der Waals surface area contributed by atoms with E-state index in [2.05, 4.69) is 27.8 Å². The van der Waals surface area contributed by atoms with Crippen LogP contribution in [0.2, 0.25) is 0 Å². The average molecular weight is 459 g/mol. The third-order valence-electron chi connectivity index (χ3n) is 3.07. The Morgan fingerprint density at radius 3 is 1.42 bits per heavy atom. The molecule has 0 bridgehead atoms. The van der Waals surface area contributed by atoms with Crippen LogP contribution in [0.5, 0.6) is 0 Å². The Hall–Kier alpha value is -3.88. The van der Waals surface area contributed by atoms with Gasteiger partial charge in [0.2, 0.25) is 0 Å². The van der Waals surface area contributed by atoms with Crippen molar-refractivity contribution >= 4 is 24.5 Å². The highest BCUT2D eigenvalue weighted by molar-refractivity contribution is 5.86. The summed E-state index contributed by atoms with van der Waals surface area (Å²) < 4.78 is 0. The fraction of sp³-hybridized carbons (Fsp3) is 0.200. The van der Waals surface area contributed by atoms with Crippen molar-refractivity contribution in [3.05, 3.63) is 96.1 Å². The Labute approximate surface area is 194 Å². The molecule has 0 fully saturated rings. The number of benzene rings is 2. The monoisotopic (exact) mass is 458 g/mol. The second-order valence-corrected chi connectivity index (χ2v) is 6.19. The van der Waals surface area contributed by atoms with Gasteiger partial charge in [-0.15, -0.1) is 0 Å². The summed E-state index contributed by atoms with van der Waals surface area (Å²) in [7, 11) is 0. The minimum absolute atomic E-state index is 0.183. The molecule has 2 aromatic carbocycles. The Morgan fingerprint density at radius 1 is 0.818 bits per heavy atom. The average Bonchev–Trinajstić information content (AvgIpc) is 2.85. The molecule has 0 amide bonds. The van der Waals surface area contributed by atoms with E-state index in [0.29, 0.717) is 12.2 Å². The molecule has 1 N–H and O–H groups in total. The molecule has 0 aliphatic rings. The molecule has 0 aliphatic heterocycles. The molecule has 0 unspecified atom stereocenters. The minimum Gasteiger partial charge on any atom is -0.298 e. The van der Waals surface area contributed by atoms with Gasteiger partial charge in [0.15, 0.2) is 0 Å². The molecule has 8 nitrogen and oxygen atoms in total. The van der Waals surface area contributed by atoms with Crippen molar-refractivity contribution in [3.63, 3.8) is 0 Å². The van der Waals surface area contributed by atoms with Crippen LogP contribution >= 0.6 is 0 Å². The van der Waals surface area contributed by atoms with E-state index in [-0.39, 0.29) is 5.57 Å². The van der Waals surface area contributed by atoms with Gasteiger partial charge in [-0.05, 0) is 20.3 Å². The molecular weight excluding hydrogens is 428 g/mol. The van der Waals surface area contributed by atoms with E-state index < -0.39 is 11.9 Å². The van der Waals surface area contributed by atoms with E-state index in [1.54, 1.807) is 31.2 Å². The Balaban J connectivity index is 0. The van der Waals surface area contributed by atoms with Crippen LogP contribution in [0.25, 0.3) is 0 Å². The molecule has 0 radical (unpaired) electrons. The first-order chi connectivity index (χ1) is 15.7. The summed E-state index contributed by atoms with van der Waals surface area (Å²) in [6.07, 6.45) is 2.49. The molecule has 0 spiro atoms. The normalized spacial score (nSPS) is 8.48. The lowest BCUT2D eigenvalue weighted by atomic mass is 10.2. The zero-order valence-electron chi connectivity index (χ0n) is 19.1. The zero-order chi connectivity index (χ0) is 25.5. The summed E-state index contributed by atoms with van der Waals surface area (Å²) in [6.45, 7) is 11.9. The van der Waals surface area contributed by atoms with Crippen LogP contribution in [0.4, 0.5) is 0 Å². The number of hydrogen-bond acceptors (Lipinski definition) is 8. The van der Waals surface area contributed by atoms with Crippen LogP contribution in [0.3, 0.4) is 0 Å².